The predicted octanol–water partition coefficient (Wildman–Crippen LogP) is 4.92. The fraction of sp³-hybridized carbons (Fsp3) is 0.450. The molecule has 0 saturated heterocycles. The molecule has 2 aromatic rings. The second-order valence-corrected chi connectivity index (χ2v) is 7.53. The highest BCUT2D eigenvalue weighted by Gasteiger charge is 2.21. The van der Waals surface area contributed by atoms with Crippen LogP contribution in [0.2, 0.25) is 0 Å². The van der Waals surface area contributed by atoms with E-state index in [-0.39, 0.29) is 5.91 Å². The van der Waals surface area contributed by atoms with Crippen LogP contribution < -0.4 is 14.8 Å². The fourth-order valence-corrected chi connectivity index (χ4v) is 4.24. The fourth-order valence-electron chi connectivity index (χ4n) is 3.14. The Morgan fingerprint density at radius 3 is 2.72 bits per heavy atom. The molecular weight excluding hydrogens is 334 g/mol. The number of carbonyl (C=O) groups is 1. The zero-order valence-electron chi connectivity index (χ0n) is 15.1. The lowest BCUT2D eigenvalue weighted by atomic mass is 9.90. The molecule has 0 bridgehead atoms. The molecule has 25 heavy (non-hydrogen) atoms. The second-order valence-electron chi connectivity index (χ2n) is 6.39. The molecule has 1 atom stereocenters. The van der Waals surface area contributed by atoms with Gasteiger partial charge in [0.25, 0.3) is 5.91 Å². The number of anilines is 1. The van der Waals surface area contributed by atoms with E-state index < -0.39 is 0 Å². The van der Waals surface area contributed by atoms with Gasteiger partial charge in [-0.05, 0) is 62.8 Å². The molecule has 1 aliphatic carbocycles. The van der Waals surface area contributed by atoms with Crippen molar-refractivity contribution >= 4 is 22.9 Å². The molecule has 5 heteroatoms. The molecule has 1 heterocycles. The van der Waals surface area contributed by atoms with Crippen LogP contribution in [0.25, 0.3) is 0 Å². The normalized spacial score (nSPS) is 16.2. The number of rotatable bonds is 6. The molecular formula is C20H25NO3S. The van der Waals surface area contributed by atoms with Crippen molar-refractivity contribution in [2.75, 3.05) is 18.5 Å². The first-order valence-corrected chi connectivity index (χ1v) is 9.75. The van der Waals surface area contributed by atoms with Gasteiger partial charge in [0, 0.05) is 16.6 Å². The summed E-state index contributed by atoms with van der Waals surface area (Å²) in [4.78, 5) is 14.8. The van der Waals surface area contributed by atoms with Crippen LogP contribution >= 0.6 is 11.3 Å². The minimum Gasteiger partial charge on any atom is -0.490 e. The highest BCUT2D eigenvalue weighted by Crippen LogP contribution is 2.34. The maximum atomic E-state index is 12.6. The number of hydrogen-bond donors (Lipinski definition) is 1. The van der Waals surface area contributed by atoms with Crippen LogP contribution in [0, 0.1) is 5.92 Å². The number of ether oxygens (including phenoxy) is 2. The number of benzene rings is 1. The van der Waals surface area contributed by atoms with Gasteiger partial charge in [0.1, 0.15) is 0 Å². The molecule has 0 spiro atoms. The lowest BCUT2D eigenvalue weighted by Gasteiger charge is -2.16. The van der Waals surface area contributed by atoms with E-state index >= 15 is 0 Å². The molecule has 3 rings (SSSR count). The Hall–Kier alpha value is -2.01. The summed E-state index contributed by atoms with van der Waals surface area (Å²) in [5.74, 6) is 2.00. The summed E-state index contributed by atoms with van der Waals surface area (Å²) in [7, 11) is 0. The van der Waals surface area contributed by atoms with Gasteiger partial charge in [-0.25, -0.2) is 0 Å². The van der Waals surface area contributed by atoms with Crippen LogP contribution in [-0.4, -0.2) is 19.1 Å². The summed E-state index contributed by atoms with van der Waals surface area (Å²) < 4.78 is 11.2. The molecule has 1 aromatic heterocycles. The Balaban J connectivity index is 1.75. The van der Waals surface area contributed by atoms with Crippen molar-refractivity contribution in [1.82, 2.24) is 0 Å². The van der Waals surface area contributed by atoms with E-state index in [9.17, 15) is 4.79 Å². The number of fused-ring (bicyclic) bond motifs is 1. The van der Waals surface area contributed by atoms with Gasteiger partial charge in [0.15, 0.2) is 11.5 Å². The summed E-state index contributed by atoms with van der Waals surface area (Å²) in [5.41, 5.74) is 2.06. The summed E-state index contributed by atoms with van der Waals surface area (Å²) in [6.45, 7) is 7.26. The van der Waals surface area contributed by atoms with E-state index in [1.54, 1.807) is 11.3 Å². The van der Waals surface area contributed by atoms with Crippen molar-refractivity contribution in [3.05, 3.63) is 39.6 Å². The first-order valence-electron chi connectivity index (χ1n) is 8.93. The molecule has 0 radical (unpaired) electrons. The monoisotopic (exact) mass is 359 g/mol. The van der Waals surface area contributed by atoms with Gasteiger partial charge in [-0.3, -0.25) is 4.79 Å². The van der Waals surface area contributed by atoms with E-state index in [1.165, 1.54) is 16.9 Å². The van der Waals surface area contributed by atoms with Crippen molar-refractivity contribution in [2.24, 2.45) is 5.92 Å². The van der Waals surface area contributed by atoms with Gasteiger partial charge >= 0.3 is 0 Å². The van der Waals surface area contributed by atoms with Gasteiger partial charge in [-0.1, -0.05) is 6.92 Å². The summed E-state index contributed by atoms with van der Waals surface area (Å²) >= 11 is 1.62. The van der Waals surface area contributed by atoms with Crippen LogP contribution in [-0.2, 0) is 12.8 Å². The van der Waals surface area contributed by atoms with Crippen LogP contribution in [0.5, 0.6) is 11.5 Å². The van der Waals surface area contributed by atoms with E-state index in [0.29, 0.717) is 30.6 Å². The molecule has 1 aliphatic rings. The van der Waals surface area contributed by atoms with Crippen molar-refractivity contribution in [3.63, 3.8) is 0 Å². The number of thiophene rings is 1. The van der Waals surface area contributed by atoms with Crippen molar-refractivity contribution in [3.8, 4) is 11.5 Å². The predicted molar refractivity (Wildman–Crippen MR) is 102 cm³/mol. The standard InChI is InChI=1S/C20H25NO3S/c1-4-23-16-8-7-15(12-17(16)24-5-2)21-20(22)19-11-14-10-13(3)6-9-18(14)25-19/h7-8,11-13H,4-6,9-10H2,1-3H3,(H,21,22). The lowest BCUT2D eigenvalue weighted by Crippen LogP contribution is -2.10. The highest BCUT2D eigenvalue weighted by atomic mass is 32.1. The SMILES string of the molecule is CCOc1ccc(NC(=O)c2cc3c(s2)CCC(C)C3)cc1OCC. The number of aryl methyl sites for hydroxylation is 1. The number of nitrogens with one attached hydrogen (secondary N) is 1. The minimum absolute atomic E-state index is 0.0568. The second kappa shape index (κ2) is 7.91. The largest absolute Gasteiger partial charge is 0.490 e. The first kappa shape index (κ1) is 17.8. The molecule has 1 N–H and O–H groups in total. The third-order valence-electron chi connectivity index (χ3n) is 4.35. The van der Waals surface area contributed by atoms with E-state index in [1.807, 2.05) is 32.0 Å². The topological polar surface area (TPSA) is 47.6 Å². The van der Waals surface area contributed by atoms with Gasteiger partial charge < -0.3 is 14.8 Å². The number of hydrogen-bond acceptors (Lipinski definition) is 4. The molecule has 134 valence electrons. The first-order chi connectivity index (χ1) is 12.1. The van der Waals surface area contributed by atoms with E-state index in [4.69, 9.17) is 9.47 Å². The Morgan fingerprint density at radius 2 is 1.96 bits per heavy atom. The Bertz CT molecular complexity index is 753. The van der Waals surface area contributed by atoms with Crippen molar-refractivity contribution in [1.29, 1.82) is 0 Å². The Morgan fingerprint density at radius 1 is 1.20 bits per heavy atom. The molecule has 0 aliphatic heterocycles. The van der Waals surface area contributed by atoms with Gasteiger partial charge in [0.05, 0.1) is 18.1 Å². The maximum absolute atomic E-state index is 12.6. The average molecular weight is 359 g/mol. The van der Waals surface area contributed by atoms with Gasteiger partial charge in [-0.15, -0.1) is 11.3 Å². The van der Waals surface area contributed by atoms with Crippen molar-refractivity contribution < 1.29 is 14.3 Å². The molecule has 1 unspecified atom stereocenters. The zero-order valence-corrected chi connectivity index (χ0v) is 15.9. The average Bonchev–Trinajstić information content (AvgIpc) is 3.01. The number of carbonyl (C=O) groups excluding carboxylic acids is 1. The lowest BCUT2D eigenvalue weighted by molar-refractivity contribution is 0.103. The summed E-state index contributed by atoms with van der Waals surface area (Å²) in [5, 5.41) is 2.98. The third-order valence-corrected chi connectivity index (χ3v) is 5.59. The highest BCUT2D eigenvalue weighted by molar-refractivity contribution is 7.14. The molecule has 1 amide bonds. The van der Waals surface area contributed by atoms with Crippen molar-refractivity contribution in [2.45, 2.75) is 40.0 Å². The van der Waals surface area contributed by atoms with Gasteiger partial charge in [-0.2, -0.15) is 0 Å². The summed E-state index contributed by atoms with van der Waals surface area (Å²) in [6, 6.07) is 7.57. The molecule has 1 aromatic carbocycles. The molecule has 0 saturated carbocycles. The van der Waals surface area contributed by atoms with Crippen LogP contribution in [0.4, 0.5) is 5.69 Å². The van der Waals surface area contributed by atoms with Crippen LogP contribution in [0.3, 0.4) is 0 Å². The van der Waals surface area contributed by atoms with E-state index in [2.05, 4.69) is 18.3 Å². The quantitative estimate of drug-likeness (QED) is 0.796. The number of amides is 1. The van der Waals surface area contributed by atoms with Crippen LogP contribution in [0.15, 0.2) is 24.3 Å². The Labute approximate surface area is 153 Å². The van der Waals surface area contributed by atoms with Crippen LogP contribution in [0.1, 0.15) is 47.3 Å². The zero-order chi connectivity index (χ0) is 17.8. The molecule has 0 fully saturated rings. The van der Waals surface area contributed by atoms with E-state index in [0.717, 1.165) is 23.4 Å². The third kappa shape index (κ3) is 4.15. The minimum atomic E-state index is -0.0568. The van der Waals surface area contributed by atoms with Gasteiger partial charge in [0.2, 0.25) is 0 Å². The summed E-state index contributed by atoms with van der Waals surface area (Å²) in [6.07, 6.45) is 3.38. The molecule has 4 nitrogen and oxygen atoms in total. The maximum Gasteiger partial charge on any atom is 0.265 e. The smallest absolute Gasteiger partial charge is 0.265 e. The Kier molecular flexibility index (Phi) is 5.63.